The van der Waals surface area contributed by atoms with Gasteiger partial charge in [-0.05, 0) is 54.8 Å². The third-order valence-corrected chi connectivity index (χ3v) is 5.41. The Kier molecular flexibility index (Phi) is 5.55. The fraction of sp³-hybridized carbons (Fsp3) is 0.154. The molecule has 0 unspecified atom stereocenters. The van der Waals surface area contributed by atoms with E-state index in [0.717, 1.165) is 21.4 Å². The number of rotatable bonds is 6. The number of nitrogens with zero attached hydrogens (tertiary/aromatic N) is 4. The molecule has 0 atom stereocenters. The van der Waals surface area contributed by atoms with Crippen LogP contribution in [0.5, 0.6) is 11.6 Å². The molecule has 170 valence electrons. The number of aryl methyl sites for hydroxylation is 2. The van der Waals surface area contributed by atoms with Crippen LogP contribution >= 0.6 is 0 Å². The van der Waals surface area contributed by atoms with Crippen molar-refractivity contribution in [3.05, 3.63) is 100.0 Å². The van der Waals surface area contributed by atoms with E-state index in [1.165, 1.54) is 4.40 Å². The Bertz CT molecular complexity index is 1550. The second-order valence-corrected chi connectivity index (χ2v) is 8.19. The van der Waals surface area contributed by atoms with E-state index >= 15 is 0 Å². The smallest absolute Gasteiger partial charge is 0.351 e. The van der Waals surface area contributed by atoms with Gasteiger partial charge in [0.15, 0.2) is 0 Å². The third-order valence-electron chi connectivity index (χ3n) is 5.41. The first kappa shape index (κ1) is 21.4. The number of hydrogen-bond acceptors (Lipinski definition) is 5. The fourth-order valence-corrected chi connectivity index (χ4v) is 3.93. The van der Waals surface area contributed by atoms with Gasteiger partial charge in [-0.2, -0.15) is 0 Å². The minimum Gasteiger partial charge on any atom is -0.436 e. The maximum absolute atomic E-state index is 13.3. The number of para-hydroxylation sites is 2. The lowest BCUT2D eigenvalue weighted by molar-refractivity contribution is -0.122. The van der Waals surface area contributed by atoms with Gasteiger partial charge >= 0.3 is 5.69 Å². The van der Waals surface area contributed by atoms with E-state index in [1.54, 1.807) is 12.1 Å². The van der Waals surface area contributed by atoms with Crippen LogP contribution in [-0.4, -0.2) is 25.1 Å². The molecule has 8 heteroatoms. The number of aromatic nitrogens is 4. The first-order valence-corrected chi connectivity index (χ1v) is 10.9. The Balaban J connectivity index is 1.52. The van der Waals surface area contributed by atoms with Crippen LogP contribution in [0.25, 0.3) is 16.7 Å². The van der Waals surface area contributed by atoms with Crippen molar-refractivity contribution in [1.29, 1.82) is 0 Å². The molecule has 0 radical (unpaired) electrons. The topological polar surface area (TPSA) is 90.5 Å². The molecule has 34 heavy (non-hydrogen) atoms. The van der Waals surface area contributed by atoms with Gasteiger partial charge in [-0.25, -0.2) is 18.9 Å². The van der Waals surface area contributed by atoms with Gasteiger partial charge in [0, 0.05) is 6.54 Å². The van der Waals surface area contributed by atoms with Gasteiger partial charge in [-0.3, -0.25) is 4.79 Å². The van der Waals surface area contributed by atoms with Gasteiger partial charge in [0.2, 0.25) is 11.6 Å². The molecule has 5 aromatic rings. The molecule has 8 nitrogen and oxygen atoms in total. The maximum atomic E-state index is 13.3. The summed E-state index contributed by atoms with van der Waals surface area (Å²) in [6, 6.07) is 22.7. The summed E-state index contributed by atoms with van der Waals surface area (Å²) in [4.78, 5) is 30.4. The summed E-state index contributed by atoms with van der Waals surface area (Å²) in [5.74, 6) is 0.484. The Labute approximate surface area is 195 Å². The summed E-state index contributed by atoms with van der Waals surface area (Å²) in [6.07, 6.45) is 0. The molecule has 0 saturated carbocycles. The summed E-state index contributed by atoms with van der Waals surface area (Å²) in [5.41, 5.74) is 4.05. The lowest BCUT2D eigenvalue weighted by Crippen LogP contribution is -2.32. The molecule has 0 bridgehead atoms. The van der Waals surface area contributed by atoms with E-state index in [1.807, 2.05) is 74.5 Å². The maximum Gasteiger partial charge on any atom is 0.351 e. The number of carbonyl (C=O) groups excluding carboxylic acids is 1. The van der Waals surface area contributed by atoms with Crippen molar-refractivity contribution in [1.82, 2.24) is 24.5 Å². The van der Waals surface area contributed by atoms with Crippen molar-refractivity contribution in [2.24, 2.45) is 0 Å². The second-order valence-electron chi connectivity index (χ2n) is 8.19. The number of benzene rings is 3. The van der Waals surface area contributed by atoms with Gasteiger partial charge in [-0.1, -0.05) is 48.5 Å². The van der Waals surface area contributed by atoms with E-state index in [0.29, 0.717) is 23.3 Å². The molecule has 0 aliphatic rings. The van der Waals surface area contributed by atoms with Crippen LogP contribution in [0.4, 0.5) is 0 Å². The molecule has 0 aliphatic carbocycles. The normalized spacial score (nSPS) is 11.1. The van der Waals surface area contributed by atoms with Crippen LogP contribution < -0.4 is 15.7 Å². The Morgan fingerprint density at radius 2 is 1.68 bits per heavy atom. The summed E-state index contributed by atoms with van der Waals surface area (Å²) in [6.45, 7) is 4.12. The average molecular weight is 454 g/mol. The molecule has 0 fully saturated rings. The Hall–Kier alpha value is -4.46. The Morgan fingerprint density at radius 3 is 2.44 bits per heavy atom. The summed E-state index contributed by atoms with van der Waals surface area (Å²) < 4.78 is 8.67. The molecule has 1 N–H and O–H groups in total. The lowest BCUT2D eigenvalue weighted by atomic mass is 10.1. The molecular formula is C26H23N5O3. The van der Waals surface area contributed by atoms with Crippen molar-refractivity contribution in [3.8, 4) is 11.6 Å². The number of carbonyl (C=O) groups is 1. The number of ether oxygens (including phenoxy) is 1. The van der Waals surface area contributed by atoms with Crippen molar-refractivity contribution in [2.45, 2.75) is 26.9 Å². The Morgan fingerprint density at radius 1 is 0.971 bits per heavy atom. The molecule has 0 spiro atoms. The minimum atomic E-state index is -0.436. The average Bonchev–Trinajstić information content (AvgIpc) is 3.14. The summed E-state index contributed by atoms with van der Waals surface area (Å²) in [7, 11) is 0. The van der Waals surface area contributed by atoms with Crippen LogP contribution in [0, 0.1) is 13.8 Å². The summed E-state index contributed by atoms with van der Waals surface area (Å²) >= 11 is 0. The highest BCUT2D eigenvalue weighted by Gasteiger charge is 2.19. The molecule has 3 aromatic carbocycles. The molecule has 1 amide bonds. The number of hydrogen-bond donors (Lipinski definition) is 1. The quantitative estimate of drug-likeness (QED) is 0.423. The largest absolute Gasteiger partial charge is 0.436 e. The van der Waals surface area contributed by atoms with Crippen LogP contribution in [0.15, 0.2) is 77.6 Å². The van der Waals surface area contributed by atoms with Crippen molar-refractivity contribution < 1.29 is 9.53 Å². The van der Waals surface area contributed by atoms with Crippen LogP contribution in [0.3, 0.4) is 0 Å². The standard InChI is InChI=1S/C26H23N5O3/c1-17-12-18(2)14-20(13-17)34-25-24-29-30(16-23(32)27-15-19-8-4-3-5-9-19)26(33)31(24)22-11-7-6-10-21(22)28-25/h3-14H,15-16H2,1-2H3,(H,27,32). The monoisotopic (exact) mass is 453 g/mol. The molecule has 5 rings (SSSR count). The molecule has 0 saturated heterocycles. The molecular weight excluding hydrogens is 430 g/mol. The lowest BCUT2D eigenvalue weighted by Gasteiger charge is -2.09. The summed E-state index contributed by atoms with van der Waals surface area (Å²) in [5, 5.41) is 7.25. The van der Waals surface area contributed by atoms with E-state index in [2.05, 4.69) is 15.4 Å². The van der Waals surface area contributed by atoms with Crippen LogP contribution in [0.2, 0.25) is 0 Å². The van der Waals surface area contributed by atoms with Crippen LogP contribution in [0.1, 0.15) is 16.7 Å². The SMILES string of the molecule is Cc1cc(C)cc(Oc2nc3ccccc3n3c(=O)n(CC(=O)NCc4ccccc4)nc23)c1. The van der Waals surface area contributed by atoms with Gasteiger partial charge < -0.3 is 10.1 Å². The van der Waals surface area contributed by atoms with E-state index < -0.39 is 5.69 Å². The zero-order valence-electron chi connectivity index (χ0n) is 18.9. The fourth-order valence-electron chi connectivity index (χ4n) is 3.93. The molecule has 2 aromatic heterocycles. The minimum absolute atomic E-state index is 0.198. The van der Waals surface area contributed by atoms with Gasteiger partial charge in [0.1, 0.15) is 12.3 Å². The zero-order valence-corrected chi connectivity index (χ0v) is 18.9. The zero-order chi connectivity index (χ0) is 23.7. The predicted molar refractivity (Wildman–Crippen MR) is 129 cm³/mol. The first-order valence-electron chi connectivity index (χ1n) is 10.9. The number of fused-ring (bicyclic) bond motifs is 3. The second kappa shape index (κ2) is 8.82. The van der Waals surface area contributed by atoms with Crippen molar-refractivity contribution >= 4 is 22.6 Å². The van der Waals surface area contributed by atoms with Crippen molar-refractivity contribution in [3.63, 3.8) is 0 Å². The van der Waals surface area contributed by atoms with Gasteiger partial charge in [-0.15, -0.1) is 5.10 Å². The highest BCUT2D eigenvalue weighted by atomic mass is 16.5. The predicted octanol–water partition coefficient (Wildman–Crippen LogP) is 3.77. The molecule has 0 aliphatic heterocycles. The number of nitrogens with one attached hydrogen (secondary N) is 1. The first-order chi connectivity index (χ1) is 16.5. The highest BCUT2D eigenvalue weighted by molar-refractivity contribution is 5.80. The van der Waals surface area contributed by atoms with Gasteiger partial charge in [0.25, 0.3) is 5.88 Å². The van der Waals surface area contributed by atoms with Crippen molar-refractivity contribution in [2.75, 3.05) is 0 Å². The van der Waals surface area contributed by atoms with E-state index in [4.69, 9.17) is 4.74 Å². The van der Waals surface area contributed by atoms with Crippen LogP contribution in [-0.2, 0) is 17.9 Å². The number of amides is 1. The third kappa shape index (κ3) is 4.25. The molecule has 2 heterocycles. The van der Waals surface area contributed by atoms with Gasteiger partial charge in [0.05, 0.1) is 11.0 Å². The highest BCUT2D eigenvalue weighted by Crippen LogP contribution is 2.27. The van der Waals surface area contributed by atoms with E-state index in [9.17, 15) is 9.59 Å². The van der Waals surface area contributed by atoms with E-state index in [-0.39, 0.29) is 24.0 Å².